The van der Waals surface area contributed by atoms with E-state index in [-0.39, 0.29) is 0 Å². The van der Waals surface area contributed by atoms with Crippen LogP contribution in [0.2, 0.25) is 0 Å². The Kier molecular flexibility index (Phi) is 5.64. The van der Waals surface area contributed by atoms with Gasteiger partial charge in [0, 0.05) is 25.2 Å². The second kappa shape index (κ2) is 8.52. The summed E-state index contributed by atoms with van der Waals surface area (Å²) >= 11 is 0. The van der Waals surface area contributed by atoms with E-state index in [1.807, 2.05) is 12.1 Å². The van der Waals surface area contributed by atoms with E-state index in [9.17, 15) is 4.79 Å². The lowest BCUT2D eigenvalue weighted by Gasteiger charge is -2.54. The van der Waals surface area contributed by atoms with E-state index < -0.39 is 17.7 Å². The lowest BCUT2D eigenvalue weighted by molar-refractivity contribution is -0.375. The van der Waals surface area contributed by atoms with Gasteiger partial charge >= 0.3 is 6.09 Å². The van der Waals surface area contributed by atoms with Gasteiger partial charge in [0.2, 0.25) is 11.6 Å². The molecule has 2 spiro atoms. The molecule has 7 heteroatoms. The first-order chi connectivity index (χ1) is 16.1. The van der Waals surface area contributed by atoms with E-state index in [4.69, 9.17) is 19.2 Å². The zero-order valence-electron chi connectivity index (χ0n) is 19.4. The standard InChI is InChI=1S/C26H36N2O5/c27-10-11-28-24(29)30-23-7-5-18(6-8-23)19-2-1-9-25(15-19)31-26(33-32-25)16-20-4-3-17-12-21(20)14-22(26)13-17/h5-8,17,19-22H,1-4,9-16,27H2,(H,28,29)/p+1. The fraction of sp³-hybridized carbons (Fsp3) is 0.731. The Labute approximate surface area is 195 Å². The van der Waals surface area contributed by atoms with Crippen molar-refractivity contribution in [2.75, 3.05) is 13.1 Å². The predicted molar refractivity (Wildman–Crippen MR) is 120 cm³/mol. The fourth-order valence-corrected chi connectivity index (χ4v) is 7.46. The summed E-state index contributed by atoms with van der Waals surface area (Å²) < 4.78 is 12.2. The first-order valence-corrected chi connectivity index (χ1v) is 13.0. The van der Waals surface area contributed by atoms with Crippen LogP contribution in [0, 0.1) is 23.7 Å². The highest BCUT2D eigenvalue weighted by molar-refractivity contribution is 5.70. The second-order valence-corrected chi connectivity index (χ2v) is 11.1. The maximum atomic E-state index is 11.8. The molecule has 3 bridgehead atoms. The van der Waals surface area contributed by atoms with E-state index >= 15 is 0 Å². The molecule has 7 nitrogen and oxygen atoms in total. The van der Waals surface area contributed by atoms with Crippen LogP contribution in [0.4, 0.5) is 4.79 Å². The van der Waals surface area contributed by atoms with Gasteiger partial charge in [-0.3, -0.25) is 0 Å². The van der Waals surface area contributed by atoms with Crippen LogP contribution in [-0.4, -0.2) is 30.8 Å². The summed E-state index contributed by atoms with van der Waals surface area (Å²) in [5.41, 5.74) is 4.94. The van der Waals surface area contributed by atoms with Gasteiger partial charge in [-0.2, -0.15) is 9.78 Å². The van der Waals surface area contributed by atoms with Gasteiger partial charge in [-0.1, -0.05) is 18.6 Å². The number of rotatable bonds is 4. The molecule has 0 aromatic heterocycles. The SMILES string of the molecule is [NH3+]CCNC(=O)Oc1ccc(C2CCCC3(C2)OOC2(CC4CCC5CC4CC2C5)O3)cc1. The molecule has 1 saturated heterocycles. The molecule has 1 aromatic rings. The molecule has 33 heavy (non-hydrogen) atoms. The van der Waals surface area contributed by atoms with Gasteiger partial charge in [-0.05, 0) is 79.9 Å². The largest absolute Gasteiger partial charge is 0.412 e. The summed E-state index contributed by atoms with van der Waals surface area (Å²) in [7, 11) is 0. The molecule has 1 amide bonds. The van der Waals surface area contributed by atoms with Gasteiger partial charge in [0.05, 0.1) is 13.1 Å². The third-order valence-corrected chi connectivity index (χ3v) is 8.99. The normalized spacial score (nSPS) is 41.4. The minimum atomic E-state index is -0.629. The topological polar surface area (TPSA) is 93.7 Å². The molecule has 1 aromatic carbocycles. The van der Waals surface area contributed by atoms with E-state index in [0.717, 1.165) is 49.9 Å². The molecule has 4 N–H and O–H groups in total. The lowest BCUT2D eigenvalue weighted by Crippen LogP contribution is -2.55. The van der Waals surface area contributed by atoms with E-state index in [1.165, 1.54) is 37.7 Å². The molecule has 4 aliphatic carbocycles. The molecular weight excluding hydrogens is 420 g/mol. The molecule has 6 rings (SSSR count). The molecular formula is C26H37N2O5+. The minimum Gasteiger partial charge on any atom is -0.410 e. The van der Waals surface area contributed by atoms with Crippen LogP contribution >= 0.6 is 0 Å². The Balaban J connectivity index is 1.13. The third kappa shape index (κ3) is 4.07. The summed E-state index contributed by atoms with van der Waals surface area (Å²) in [6.45, 7) is 1.14. The van der Waals surface area contributed by atoms with Gasteiger partial charge in [0.1, 0.15) is 5.75 Å². The molecule has 5 fully saturated rings. The summed E-state index contributed by atoms with van der Waals surface area (Å²) in [4.78, 5) is 24.1. The predicted octanol–water partition coefficient (Wildman–Crippen LogP) is 3.89. The van der Waals surface area contributed by atoms with Crippen LogP contribution in [0.25, 0.3) is 0 Å². The van der Waals surface area contributed by atoms with Gasteiger partial charge in [-0.15, -0.1) is 0 Å². The highest BCUT2D eigenvalue weighted by atomic mass is 17.3. The monoisotopic (exact) mass is 457 g/mol. The van der Waals surface area contributed by atoms with Gasteiger partial charge in [0.25, 0.3) is 0 Å². The molecule has 7 unspecified atom stereocenters. The summed E-state index contributed by atoms with van der Waals surface area (Å²) in [5, 5.41) is 2.67. The van der Waals surface area contributed by atoms with E-state index in [1.54, 1.807) is 0 Å². The maximum absolute atomic E-state index is 11.8. The number of amides is 1. The summed E-state index contributed by atoms with van der Waals surface area (Å²) in [5.74, 6) is 2.66. The van der Waals surface area contributed by atoms with Crippen molar-refractivity contribution in [2.45, 2.75) is 81.7 Å². The first-order valence-electron chi connectivity index (χ1n) is 13.0. The van der Waals surface area contributed by atoms with Crippen LogP contribution in [-0.2, 0) is 14.5 Å². The van der Waals surface area contributed by atoms with E-state index in [2.05, 4.69) is 23.2 Å². The Bertz CT molecular complexity index is 876. The van der Waals surface area contributed by atoms with Crippen LogP contribution in [0.15, 0.2) is 24.3 Å². The molecule has 1 heterocycles. The van der Waals surface area contributed by atoms with Crippen molar-refractivity contribution in [3.63, 3.8) is 0 Å². The summed E-state index contributed by atoms with van der Waals surface area (Å²) in [6, 6.07) is 7.86. The van der Waals surface area contributed by atoms with Gasteiger partial charge in [0.15, 0.2) is 0 Å². The molecule has 7 atom stereocenters. The zero-order chi connectivity index (χ0) is 22.5. The molecule has 0 radical (unpaired) electrons. The highest BCUT2D eigenvalue weighted by Gasteiger charge is 2.63. The number of benzene rings is 1. The van der Waals surface area contributed by atoms with Crippen molar-refractivity contribution in [1.29, 1.82) is 0 Å². The Morgan fingerprint density at radius 3 is 2.79 bits per heavy atom. The molecule has 5 aliphatic rings. The Morgan fingerprint density at radius 1 is 1.06 bits per heavy atom. The lowest BCUT2D eigenvalue weighted by atomic mass is 9.55. The number of quaternary nitrogens is 1. The number of hydrogen-bond donors (Lipinski definition) is 2. The van der Waals surface area contributed by atoms with Crippen LogP contribution in [0.3, 0.4) is 0 Å². The van der Waals surface area contributed by atoms with E-state index in [0.29, 0.717) is 30.7 Å². The quantitative estimate of drug-likeness (QED) is 0.669. The molecule has 1 aliphatic heterocycles. The number of carbonyl (C=O) groups is 1. The van der Waals surface area contributed by atoms with Crippen molar-refractivity contribution < 1.29 is 29.8 Å². The van der Waals surface area contributed by atoms with Crippen molar-refractivity contribution in [1.82, 2.24) is 5.32 Å². The number of fused-ring (bicyclic) bond motifs is 3. The van der Waals surface area contributed by atoms with Crippen molar-refractivity contribution >= 4 is 6.09 Å². The van der Waals surface area contributed by atoms with Gasteiger partial charge in [-0.25, -0.2) is 4.79 Å². The highest BCUT2D eigenvalue weighted by Crippen LogP contribution is 2.61. The smallest absolute Gasteiger partial charge is 0.410 e. The number of nitrogens with one attached hydrogen (secondary N) is 1. The average Bonchev–Trinajstić information content (AvgIpc) is 3.17. The number of ether oxygens (including phenoxy) is 2. The first kappa shape index (κ1) is 21.8. The zero-order valence-corrected chi connectivity index (χ0v) is 19.4. The van der Waals surface area contributed by atoms with Crippen molar-refractivity contribution in [3.05, 3.63) is 29.8 Å². The van der Waals surface area contributed by atoms with Crippen LogP contribution in [0.5, 0.6) is 5.75 Å². The van der Waals surface area contributed by atoms with Crippen LogP contribution < -0.4 is 15.8 Å². The summed E-state index contributed by atoms with van der Waals surface area (Å²) in [6.07, 6.45) is 11.0. The van der Waals surface area contributed by atoms with Crippen molar-refractivity contribution in [2.24, 2.45) is 23.7 Å². The van der Waals surface area contributed by atoms with Crippen LogP contribution in [0.1, 0.15) is 75.7 Å². The average molecular weight is 458 g/mol. The Morgan fingerprint density at radius 2 is 1.94 bits per heavy atom. The third-order valence-electron chi connectivity index (χ3n) is 8.99. The minimum absolute atomic E-state index is 0.339. The Hall–Kier alpha value is -1.67. The van der Waals surface area contributed by atoms with Gasteiger partial charge < -0.3 is 20.5 Å². The molecule has 4 saturated carbocycles. The second-order valence-electron chi connectivity index (χ2n) is 11.1. The maximum Gasteiger partial charge on any atom is 0.412 e. The van der Waals surface area contributed by atoms with Crippen molar-refractivity contribution in [3.8, 4) is 5.75 Å². The molecule has 180 valence electrons. The fourth-order valence-electron chi connectivity index (χ4n) is 7.46. The number of carbonyl (C=O) groups excluding carboxylic acids is 1. The number of hydrogen-bond acceptors (Lipinski definition) is 5.